The van der Waals surface area contributed by atoms with Crippen LogP contribution in [0.5, 0.6) is 0 Å². The molecular weight excluding hydrogens is 581 g/mol. The van der Waals surface area contributed by atoms with Crippen LogP contribution in [0.1, 0.15) is 62.5 Å². The van der Waals surface area contributed by atoms with Crippen molar-refractivity contribution >= 4 is 11.9 Å². The second-order valence-electron chi connectivity index (χ2n) is 11.3. The van der Waals surface area contributed by atoms with E-state index in [4.69, 9.17) is 9.47 Å². The van der Waals surface area contributed by atoms with E-state index in [0.29, 0.717) is 48.9 Å². The normalized spacial score (nSPS) is 19.1. The Morgan fingerprint density at radius 1 is 0.911 bits per heavy atom. The number of rotatable bonds is 13. The molecule has 5 rings (SSSR count). The van der Waals surface area contributed by atoms with Gasteiger partial charge in [-0.3, -0.25) is 4.79 Å². The maximum atomic E-state index is 13.0. The molecule has 2 aliphatic rings. The number of nitrogens with one attached hydrogen (secondary N) is 2. The number of halogens is 3. The minimum Gasteiger partial charge on any atom is -0.461 e. The van der Waals surface area contributed by atoms with Crippen molar-refractivity contribution in [2.75, 3.05) is 33.4 Å². The average molecular weight is 619 g/mol. The number of fused-ring (bicyclic) bond motifs is 3. The molecule has 0 aromatic heterocycles. The summed E-state index contributed by atoms with van der Waals surface area (Å²) in [5.41, 5.74) is 3.64. The Hall–Kier alpha value is -4.21. The maximum absolute atomic E-state index is 13.0. The van der Waals surface area contributed by atoms with Crippen LogP contribution in [0.2, 0.25) is 0 Å². The first-order chi connectivity index (χ1) is 21.7. The highest BCUT2D eigenvalue weighted by Gasteiger charge is 2.39. The monoisotopic (exact) mass is 618 g/mol. The highest BCUT2D eigenvalue weighted by Crippen LogP contribution is 2.50. The summed E-state index contributed by atoms with van der Waals surface area (Å²) in [6.45, 7) is 1.15. The van der Waals surface area contributed by atoms with E-state index in [0.717, 1.165) is 17.7 Å². The van der Waals surface area contributed by atoms with Gasteiger partial charge in [0.2, 0.25) is 5.91 Å². The zero-order chi connectivity index (χ0) is 31.8. The molecule has 3 aromatic rings. The number of alkyl halides is 3. The molecular formula is C36H37F3N2O4. The topological polar surface area (TPSA) is 76.7 Å². The van der Waals surface area contributed by atoms with Crippen molar-refractivity contribution in [1.29, 1.82) is 0 Å². The molecule has 45 heavy (non-hydrogen) atoms. The molecule has 0 bridgehead atoms. The van der Waals surface area contributed by atoms with Gasteiger partial charge in [0.1, 0.15) is 6.61 Å². The molecule has 2 aliphatic carbocycles. The Morgan fingerprint density at radius 3 is 2.42 bits per heavy atom. The van der Waals surface area contributed by atoms with Gasteiger partial charge in [-0.1, -0.05) is 72.8 Å². The third kappa shape index (κ3) is 8.09. The number of hydrogen-bond acceptors (Lipinski definition) is 5. The van der Waals surface area contributed by atoms with E-state index in [9.17, 15) is 22.8 Å². The maximum Gasteiger partial charge on any atom is 0.416 e. The number of methoxy groups -OCH3 is 1. The number of hydrogen-bond donors (Lipinski definition) is 2. The van der Waals surface area contributed by atoms with Crippen LogP contribution in [0.25, 0.3) is 0 Å². The molecule has 9 heteroatoms. The molecule has 0 heterocycles. The summed E-state index contributed by atoms with van der Waals surface area (Å²) in [5, 5.41) is 6.11. The minimum atomic E-state index is -4.43. The van der Waals surface area contributed by atoms with Gasteiger partial charge in [0.05, 0.1) is 17.2 Å². The second kappa shape index (κ2) is 14.7. The summed E-state index contributed by atoms with van der Waals surface area (Å²) in [5.74, 6) is 0.336. The van der Waals surface area contributed by atoms with Crippen molar-refractivity contribution in [2.45, 2.75) is 37.0 Å². The van der Waals surface area contributed by atoms with E-state index in [1.54, 1.807) is 18.2 Å². The van der Waals surface area contributed by atoms with Crippen molar-refractivity contribution in [1.82, 2.24) is 10.6 Å². The van der Waals surface area contributed by atoms with Crippen molar-refractivity contribution in [3.63, 3.8) is 0 Å². The van der Waals surface area contributed by atoms with Gasteiger partial charge in [0.25, 0.3) is 0 Å². The fraction of sp³-hybridized carbons (Fsp3) is 0.333. The summed E-state index contributed by atoms with van der Waals surface area (Å²) >= 11 is 0. The molecule has 3 aromatic carbocycles. The number of esters is 1. The Balaban J connectivity index is 1.01. The Kier molecular flexibility index (Phi) is 10.5. The number of benzene rings is 3. The SMILES string of the molecule is COC(CNCCOC(=O)c1ccc(CCNC(=O)CC2c3ccccc3C3C=CC=CC32)cc1)c1cccc(C(F)(F)F)c1. The van der Waals surface area contributed by atoms with Crippen molar-refractivity contribution in [3.8, 4) is 0 Å². The van der Waals surface area contributed by atoms with Crippen LogP contribution >= 0.6 is 0 Å². The smallest absolute Gasteiger partial charge is 0.416 e. The van der Waals surface area contributed by atoms with E-state index in [1.807, 2.05) is 18.2 Å². The van der Waals surface area contributed by atoms with Gasteiger partial charge in [-0.05, 0) is 58.9 Å². The first-order valence-corrected chi connectivity index (χ1v) is 15.1. The van der Waals surface area contributed by atoms with E-state index in [2.05, 4.69) is 53.1 Å². The fourth-order valence-electron chi connectivity index (χ4n) is 6.14. The van der Waals surface area contributed by atoms with Crippen LogP contribution in [0.3, 0.4) is 0 Å². The van der Waals surface area contributed by atoms with Gasteiger partial charge in [0, 0.05) is 45.0 Å². The largest absolute Gasteiger partial charge is 0.461 e. The molecule has 0 spiro atoms. The second-order valence-corrected chi connectivity index (χ2v) is 11.3. The highest BCUT2D eigenvalue weighted by atomic mass is 19.4. The lowest BCUT2D eigenvalue weighted by molar-refractivity contribution is -0.137. The molecule has 236 valence electrons. The zero-order valence-electron chi connectivity index (χ0n) is 25.1. The molecule has 4 atom stereocenters. The summed E-state index contributed by atoms with van der Waals surface area (Å²) in [6.07, 6.45) is 4.65. The zero-order valence-corrected chi connectivity index (χ0v) is 25.1. The van der Waals surface area contributed by atoms with Crippen LogP contribution in [0.4, 0.5) is 13.2 Å². The molecule has 0 saturated carbocycles. The quantitative estimate of drug-likeness (QED) is 0.169. The standard InChI is InChI=1S/C36H37F3N2O4/c1-44-33(26-7-6-8-27(21-26)36(37,38)39)23-40-19-20-45-35(43)25-15-13-24(14-16-25)17-18-41-34(42)22-32-30-11-4-2-9-28(30)29-10-3-5-12-31(29)32/h2-16,21,28,30,32-33,40H,17-20,22-23H2,1H3,(H,41,42). The molecule has 0 saturated heterocycles. The van der Waals surface area contributed by atoms with Crippen LogP contribution in [0.15, 0.2) is 97.1 Å². The Labute approximate surface area is 261 Å². The Morgan fingerprint density at radius 2 is 1.67 bits per heavy atom. The van der Waals surface area contributed by atoms with E-state index < -0.39 is 23.8 Å². The lowest BCUT2D eigenvalue weighted by Gasteiger charge is -2.22. The molecule has 0 fully saturated rings. The summed E-state index contributed by atoms with van der Waals surface area (Å²) in [6, 6.07) is 20.5. The Bertz CT molecular complexity index is 1530. The lowest BCUT2D eigenvalue weighted by atomic mass is 9.82. The molecule has 2 N–H and O–H groups in total. The van der Waals surface area contributed by atoms with Gasteiger partial charge in [-0.25, -0.2) is 4.79 Å². The van der Waals surface area contributed by atoms with E-state index >= 15 is 0 Å². The summed E-state index contributed by atoms with van der Waals surface area (Å²) < 4.78 is 49.8. The predicted molar refractivity (Wildman–Crippen MR) is 166 cm³/mol. The van der Waals surface area contributed by atoms with Gasteiger partial charge in [-0.2, -0.15) is 13.2 Å². The summed E-state index contributed by atoms with van der Waals surface area (Å²) in [4.78, 5) is 25.3. The van der Waals surface area contributed by atoms with Crippen molar-refractivity contribution < 1.29 is 32.2 Å². The van der Waals surface area contributed by atoms with E-state index in [1.165, 1.54) is 24.3 Å². The molecule has 0 aliphatic heterocycles. The number of ether oxygens (including phenoxy) is 2. The lowest BCUT2D eigenvalue weighted by Crippen LogP contribution is -2.28. The number of allylic oxidation sites excluding steroid dienone is 4. The molecule has 0 radical (unpaired) electrons. The van der Waals surface area contributed by atoms with Crippen LogP contribution in [-0.2, 0) is 26.9 Å². The molecule has 4 unspecified atom stereocenters. The molecule has 6 nitrogen and oxygen atoms in total. The van der Waals surface area contributed by atoms with Gasteiger partial charge < -0.3 is 20.1 Å². The van der Waals surface area contributed by atoms with Gasteiger partial charge in [-0.15, -0.1) is 0 Å². The van der Waals surface area contributed by atoms with Crippen molar-refractivity contribution in [3.05, 3.63) is 130 Å². The third-order valence-corrected chi connectivity index (χ3v) is 8.44. The van der Waals surface area contributed by atoms with Gasteiger partial charge >= 0.3 is 12.1 Å². The van der Waals surface area contributed by atoms with Crippen molar-refractivity contribution in [2.24, 2.45) is 5.92 Å². The van der Waals surface area contributed by atoms with Crippen LogP contribution in [-0.4, -0.2) is 45.2 Å². The number of carbonyl (C=O) groups excluding carboxylic acids is 2. The third-order valence-electron chi connectivity index (χ3n) is 8.44. The predicted octanol–water partition coefficient (Wildman–Crippen LogP) is 6.51. The number of carbonyl (C=O) groups is 2. The average Bonchev–Trinajstić information content (AvgIpc) is 3.36. The highest BCUT2D eigenvalue weighted by molar-refractivity contribution is 5.89. The van der Waals surface area contributed by atoms with Crippen LogP contribution < -0.4 is 10.6 Å². The van der Waals surface area contributed by atoms with Gasteiger partial charge in [0.15, 0.2) is 0 Å². The minimum absolute atomic E-state index is 0.0267. The molecule has 1 amide bonds. The first-order valence-electron chi connectivity index (χ1n) is 15.1. The summed E-state index contributed by atoms with van der Waals surface area (Å²) in [7, 11) is 1.43. The fourth-order valence-corrected chi connectivity index (χ4v) is 6.14. The van der Waals surface area contributed by atoms with Crippen LogP contribution in [0, 0.1) is 5.92 Å². The van der Waals surface area contributed by atoms with E-state index in [-0.39, 0.29) is 25.0 Å². The first kappa shape index (κ1) is 32.2. The number of amides is 1.